The lowest BCUT2D eigenvalue weighted by molar-refractivity contribution is 0.496. The van der Waals surface area contributed by atoms with Crippen molar-refractivity contribution in [3.63, 3.8) is 0 Å². The van der Waals surface area contributed by atoms with Gasteiger partial charge >= 0.3 is 0 Å². The van der Waals surface area contributed by atoms with Gasteiger partial charge in [0, 0.05) is 18.8 Å². The van der Waals surface area contributed by atoms with E-state index in [0.29, 0.717) is 12.0 Å². The van der Waals surface area contributed by atoms with E-state index in [0.717, 1.165) is 40.8 Å². The first-order valence-electron chi connectivity index (χ1n) is 5.67. The normalized spacial score (nSPS) is 25.2. The lowest BCUT2D eigenvalue weighted by atomic mass is 9.98. The molecule has 1 saturated heterocycles. The number of hydrogen-bond acceptors (Lipinski definition) is 3. The van der Waals surface area contributed by atoms with Crippen molar-refractivity contribution >= 4 is 23.4 Å². The maximum absolute atomic E-state index is 6.32. The van der Waals surface area contributed by atoms with Gasteiger partial charge in [0.05, 0.1) is 16.4 Å². The lowest BCUT2D eigenvalue weighted by Crippen LogP contribution is -2.30. The molecule has 2 atom stereocenters. The van der Waals surface area contributed by atoms with Gasteiger partial charge in [0.2, 0.25) is 0 Å². The smallest absolute Gasteiger partial charge is 0.0849 e. The van der Waals surface area contributed by atoms with Gasteiger partial charge in [0.15, 0.2) is 0 Å². The third-order valence-electron chi connectivity index (χ3n) is 3.21. The average molecular weight is 260 g/mol. The fraction of sp³-hybridized carbons (Fsp3) is 0.727. The number of aromatic nitrogens is 2. The van der Waals surface area contributed by atoms with E-state index in [1.54, 1.807) is 0 Å². The molecule has 1 fully saturated rings. The summed E-state index contributed by atoms with van der Waals surface area (Å²) in [5.41, 5.74) is 8.21. The van der Waals surface area contributed by atoms with E-state index in [1.807, 2.05) is 23.5 Å². The second-order valence-electron chi connectivity index (χ2n) is 4.35. The van der Waals surface area contributed by atoms with E-state index in [1.165, 1.54) is 0 Å². The molecule has 1 aromatic heterocycles. The molecule has 0 aliphatic carbocycles. The van der Waals surface area contributed by atoms with Crippen LogP contribution in [-0.2, 0) is 19.9 Å². The van der Waals surface area contributed by atoms with Gasteiger partial charge in [0.25, 0.3) is 0 Å². The summed E-state index contributed by atoms with van der Waals surface area (Å²) in [4.78, 5) is 0. The predicted octanol–water partition coefficient (Wildman–Crippen LogP) is 1.87. The minimum absolute atomic E-state index is 0.307. The molecular weight excluding hydrogens is 242 g/mol. The zero-order valence-electron chi connectivity index (χ0n) is 9.74. The van der Waals surface area contributed by atoms with Crippen LogP contribution >= 0.6 is 23.4 Å². The van der Waals surface area contributed by atoms with Crippen molar-refractivity contribution in [3.8, 4) is 0 Å². The number of thioether (sulfide) groups is 1. The summed E-state index contributed by atoms with van der Waals surface area (Å²) in [6.45, 7) is 2.08. The van der Waals surface area contributed by atoms with E-state index in [2.05, 4.69) is 12.0 Å². The highest BCUT2D eigenvalue weighted by atomic mass is 35.5. The fourth-order valence-corrected chi connectivity index (χ4v) is 3.83. The number of rotatable bonds is 3. The van der Waals surface area contributed by atoms with Crippen LogP contribution in [0, 0.1) is 5.92 Å². The Morgan fingerprint density at radius 1 is 1.56 bits per heavy atom. The van der Waals surface area contributed by atoms with Gasteiger partial charge in [-0.05, 0) is 24.5 Å². The molecule has 5 heteroatoms. The van der Waals surface area contributed by atoms with Gasteiger partial charge in [-0.15, -0.1) is 0 Å². The van der Waals surface area contributed by atoms with Crippen LogP contribution in [0.5, 0.6) is 0 Å². The third kappa shape index (κ3) is 2.24. The Bertz CT molecular complexity index is 378. The van der Waals surface area contributed by atoms with Crippen molar-refractivity contribution in [2.24, 2.45) is 18.7 Å². The largest absolute Gasteiger partial charge is 0.327 e. The summed E-state index contributed by atoms with van der Waals surface area (Å²) in [6.07, 6.45) is 1.84. The van der Waals surface area contributed by atoms with Gasteiger partial charge in [-0.2, -0.15) is 16.9 Å². The molecule has 0 amide bonds. The molecule has 0 spiro atoms. The minimum Gasteiger partial charge on any atom is -0.327 e. The summed E-state index contributed by atoms with van der Waals surface area (Å²) >= 11 is 8.26. The second-order valence-corrected chi connectivity index (χ2v) is 5.80. The molecule has 0 bridgehead atoms. The Labute approximate surface area is 106 Å². The van der Waals surface area contributed by atoms with E-state index in [-0.39, 0.29) is 0 Å². The van der Waals surface area contributed by atoms with Crippen LogP contribution in [0.15, 0.2) is 0 Å². The van der Waals surface area contributed by atoms with Gasteiger partial charge in [-0.25, -0.2) is 0 Å². The van der Waals surface area contributed by atoms with E-state index in [4.69, 9.17) is 17.3 Å². The topological polar surface area (TPSA) is 43.8 Å². The van der Waals surface area contributed by atoms with E-state index >= 15 is 0 Å². The van der Waals surface area contributed by atoms with Gasteiger partial charge in [-0.3, -0.25) is 4.68 Å². The Hall–Kier alpha value is -0.190. The Balaban J connectivity index is 2.17. The van der Waals surface area contributed by atoms with Crippen molar-refractivity contribution in [3.05, 3.63) is 16.4 Å². The maximum Gasteiger partial charge on any atom is 0.0849 e. The van der Waals surface area contributed by atoms with Crippen LogP contribution in [-0.4, -0.2) is 27.3 Å². The Morgan fingerprint density at radius 2 is 2.31 bits per heavy atom. The molecule has 2 rings (SSSR count). The molecule has 16 heavy (non-hydrogen) atoms. The quantitative estimate of drug-likeness (QED) is 0.901. The van der Waals surface area contributed by atoms with Crippen molar-refractivity contribution in [2.75, 3.05) is 11.5 Å². The lowest BCUT2D eigenvalue weighted by Gasteiger charge is -2.14. The first-order valence-corrected chi connectivity index (χ1v) is 7.20. The summed E-state index contributed by atoms with van der Waals surface area (Å²) in [5.74, 6) is 2.76. The summed E-state index contributed by atoms with van der Waals surface area (Å²) < 4.78 is 1.91. The highest BCUT2D eigenvalue weighted by molar-refractivity contribution is 7.99. The van der Waals surface area contributed by atoms with Crippen LogP contribution in [0.4, 0.5) is 0 Å². The van der Waals surface area contributed by atoms with Crippen molar-refractivity contribution in [1.82, 2.24) is 9.78 Å². The monoisotopic (exact) mass is 259 g/mol. The Kier molecular flexibility index (Phi) is 3.82. The molecule has 1 aromatic rings. The van der Waals surface area contributed by atoms with E-state index < -0.39 is 0 Å². The minimum atomic E-state index is 0.307. The number of halogens is 1. The van der Waals surface area contributed by atoms with Gasteiger partial charge in [0.1, 0.15) is 0 Å². The maximum atomic E-state index is 6.32. The van der Waals surface area contributed by atoms with Crippen molar-refractivity contribution in [2.45, 2.75) is 25.8 Å². The highest BCUT2D eigenvalue weighted by Crippen LogP contribution is 2.29. The summed E-state index contributed by atoms with van der Waals surface area (Å²) in [7, 11) is 1.97. The van der Waals surface area contributed by atoms with Crippen LogP contribution in [0.25, 0.3) is 0 Å². The van der Waals surface area contributed by atoms with Crippen molar-refractivity contribution < 1.29 is 0 Å². The molecule has 90 valence electrons. The molecule has 0 aromatic carbocycles. The molecule has 0 saturated carbocycles. The SMILES string of the molecule is CCc1nn(C)c(CC2CSCC2N)c1Cl. The van der Waals surface area contributed by atoms with Crippen LogP contribution in [0.3, 0.4) is 0 Å². The average Bonchev–Trinajstić information content (AvgIpc) is 2.77. The molecular formula is C11H18ClN3S. The van der Waals surface area contributed by atoms with Gasteiger partial charge in [-0.1, -0.05) is 18.5 Å². The van der Waals surface area contributed by atoms with Crippen LogP contribution in [0.1, 0.15) is 18.3 Å². The molecule has 2 heterocycles. The second kappa shape index (κ2) is 4.98. The number of aryl methyl sites for hydroxylation is 2. The summed E-state index contributed by atoms with van der Waals surface area (Å²) in [5, 5.41) is 5.27. The van der Waals surface area contributed by atoms with Crippen LogP contribution < -0.4 is 5.73 Å². The first kappa shape index (κ1) is 12.3. The highest BCUT2D eigenvalue weighted by Gasteiger charge is 2.27. The molecule has 3 nitrogen and oxygen atoms in total. The Morgan fingerprint density at radius 3 is 2.81 bits per heavy atom. The molecule has 1 aliphatic heterocycles. The summed E-state index contributed by atoms with van der Waals surface area (Å²) in [6, 6.07) is 0.307. The predicted molar refractivity (Wildman–Crippen MR) is 70.1 cm³/mol. The fourth-order valence-electron chi connectivity index (χ4n) is 2.12. The van der Waals surface area contributed by atoms with E-state index in [9.17, 15) is 0 Å². The van der Waals surface area contributed by atoms with Crippen LogP contribution in [0.2, 0.25) is 5.02 Å². The third-order valence-corrected chi connectivity index (χ3v) is 4.93. The molecule has 2 unspecified atom stereocenters. The number of nitrogens with zero attached hydrogens (tertiary/aromatic N) is 2. The molecule has 2 N–H and O–H groups in total. The molecule has 0 radical (unpaired) electrons. The first-order chi connectivity index (χ1) is 7.63. The zero-order chi connectivity index (χ0) is 11.7. The standard InChI is InChI=1S/C11H18ClN3S/c1-3-9-11(12)10(15(2)14-9)4-7-5-16-6-8(7)13/h7-8H,3-6,13H2,1-2H3. The molecule has 1 aliphatic rings. The number of hydrogen-bond donors (Lipinski definition) is 1. The zero-order valence-corrected chi connectivity index (χ0v) is 11.3. The number of nitrogens with two attached hydrogens (primary N) is 1. The van der Waals surface area contributed by atoms with Crippen molar-refractivity contribution in [1.29, 1.82) is 0 Å². The van der Waals surface area contributed by atoms with Gasteiger partial charge < -0.3 is 5.73 Å².